The molecule has 2 rings (SSSR count). The lowest BCUT2D eigenvalue weighted by Crippen LogP contribution is -2.17. The summed E-state index contributed by atoms with van der Waals surface area (Å²) in [4.78, 5) is 0. The van der Waals surface area contributed by atoms with Crippen molar-refractivity contribution in [3.63, 3.8) is 0 Å². The third kappa shape index (κ3) is 3.70. The maximum Gasteiger partial charge on any atom is 0.0489 e. The summed E-state index contributed by atoms with van der Waals surface area (Å²) < 4.78 is 1.97. The minimum Gasteiger partial charge on any atom is -0.313 e. The number of rotatable bonds is 6. The van der Waals surface area contributed by atoms with E-state index >= 15 is 0 Å². The van der Waals surface area contributed by atoms with E-state index in [0.29, 0.717) is 0 Å². The average Bonchev–Trinajstić information content (AvgIpc) is 2.84. The van der Waals surface area contributed by atoms with Gasteiger partial charge in [0.25, 0.3) is 0 Å². The van der Waals surface area contributed by atoms with Crippen molar-refractivity contribution in [3.8, 4) is 0 Å². The highest BCUT2D eigenvalue weighted by Gasteiger charge is 1.98. The first-order valence-corrected chi connectivity index (χ1v) is 6.50. The molecular formula is C15H21N3. The minimum absolute atomic E-state index is 0.950. The molecule has 0 fully saturated rings. The third-order valence-electron chi connectivity index (χ3n) is 3.11. The molecule has 0 saturated heterocycles. The summed E-state index contributed by atoms with van der Waals surface area (Å²) in [5, 5.41) is 7.67. The van der Waals surface area contributed by atoms with Crippen LogP contribution in [0.5, 0.6) is 0 Å². The first-order chi connectivity index (χ1) is 8.75. The third-order valence-corrected chi connectivity index (χ3v) is 3.11. The van der Waals surface area contributed by atoms with Gasteiger partial charge in [0.05, 0.1) is 0 Å². The predicted octanol–water partition coefficient (Wildman–Crippen LogP) is 2.68. The average molecular weight is 243 g/mol. The summed E-state index contributed by atoms with van der Waals surface area (Å²) in [6.07, 6.45) is 4.93. The van der Waals surface area contributed by atoms with Gasteiger partial charge in [-0.25, -0.2) is 0 Å². The van der Waals surface area contributed by atoms with Gasteiger partial charge in [0.15, 0.2) is 0 Å². The Morgan fingerprint density at radius 1 is 1.28 bits per heavy atom. The van der Waals surface area contributed by atoms with Crippen LogP contribution in [0.15, 0.2) is 36.7 Å². The van der Waals surface area contributed by atoms with E-state index in [-0.39, 0.29) is 0 Å². The van der Waals surface area contributed by atoms with Gasteiger partial charge >= 0.3 is 0 Å². The number of hydrogen-bond acceptors (Lipinski definition) is 2. The molecule has 2 aromatic rings. The lowest BCUT2D eigenvalue weighted by atomic mass is 10.1. The summed E-state index contributed by atoms with van der Waals surface area (Å²) in [6.45, 7) is 7.26. The zero-order chi connectivity index (χ0) is 12.8. The fourth-order valence-corrected chi connectivity index (χ4v) is 2.07. The van der Waals surface area contributed by atoms with Crippen LogP contribution in [0.25, 0.3) is 0 Å². The summed E-state index contributed by atoms with van der Waals surface area (Å²) in [7, 11) is 0. The molecule has 3 heteroatoms. The van der Waals surface area contributed by atoms with E-state index in [1.54, 1.807) is 0 Å². The Bertz CT molecular complexity index is 474. The van der Waals surface area contributed by atoms with Crippen molar-refractivity contribution in [1.29, 1.82) is 0 Å². The van der Waals surface area contributed by atoms with E-state index in [0.717, 1.165) is 26.1 Å². The van der Waals surface area contributed by atoms with Crippen molar-refractivity contribution in [3.05, 3.63) is 53.3 Å². The molecule has 0 atom stereocenters. The van der Waals surface area contributed by atoms with Crippen molar-refractivity contribution >= 4 is 0 Å². The molecular weight excluding hydrogens is 222 g/mol. The van der Waals surface area contributed by atoms with Crippen LogP contribution < -0.4 is 5.32 Å². The number of benzene rings is 1. The zero-order valence-electron chi connectivity index (χ0n) is 11.2. The van der Waals surface area contributed by atoms with Crippen LogP contribution in [-0.4, -0.2) is 16.3 Å². The molecule has 3 nitrogen and oxygen atoms in total. The summed E-state index contributed by atoms with van der Waals surface area (Å²) in [5.74, 6) is 0. The zero-order valence-corrected chi connectivity index (χ0v) is 11.2. The van der Waals surface area contributed by atoms with Gasteiger partial charge < -0.3 is 5.32 Å². The Balaban J connectivity index is 1.69. The molecule has 0 bridgehead atoms. The second kappa shape index (κ2) is 6.36. The van der Waals surface area contributed by atoms with E-state index < -0.39 is 0 Å². The maximum absolute atomic E-state index is 4.18. The molecule has 0 unspecified atom stereocenters. The first-order valence-electron chi connectivity index (χ1n) is 6.50. The van der Waals surface area contributed by atoms with Gasteiger partial charge in [-0.2, -0.15) is 5.10 Å². The van der Waals surface area contributed by atoms with Crippen molar-refractivity contribution in [1.82, 2.24) is 15.1 Å². The second-order valence-electron chi connectivity index (χ2n) is 4.73. The number of aryl methyl sites for hydroxylation is 3. The van der Waals surface area contributed by atoms with Crippen molar-refractivity contribution in [2.75, 3.05) is 6.54 Å². The molecule has 1 aromatic heterocycles. The number of nitrogens with one attached hydrogen (secondary N) is 1. The van der Waals surface area contributed by atoms with E-state index in [9.17, 15) is 0 Å². The Kier molecular flexibility index (Phi) is 4.53. The Labute approximate surface area is 109 Å². The quantitative estimate of drug-likeness (QED) is 0.791. The van der Waals surface area contributed by atoms with Crippen molar-refractivity contribution in [2.24, 2.45) is 0 Å². The molecule has 0 radical (unpaired) electrons. The van der Waals surface area contributed by atoms with Crippen molar-refractivity contribution < 1.29 is 0 Å². The van der Waals surface area contributed by atoms with Gasteiger partial charge in [-0.1, -0.05) is 23.8 Å². The molecule has 18 heavy (non-hydrogen) atoms. The predicted molar refractivity (Wildman–Crippen MR) is 74.5 cm³/mol. The van der Waals surface area contributed by atoms with Gasteiger partial charge in [0, 0.05) is 25.5 Å². The SMILES string of the molecule is Cc1ccc(CNCCCn2cccn2)c(C)c1. The highest BCUT2D eigenvalue weighted by Crippen LogP contribution is 2.09. The van der Waals surface area contributed by atoms with Crippen LogP contribution in [0.2, 0.25) is 0 Å². The van der Waals surface area contributed by atoms with Crippen LogP contribution in [-0.2, 0) is 13.1 Å². The lowest BCUT2D eigenvalue weighted by molar-refractivity contribution is 0.543. The van der Waals surface area contributed by atoms with E-state index in [1.165, 1.54) is 16.7 Å². The number of hydrogen-bond donors (Lipinski definition) is 1. The van der Waals surface area contributed by atoms with Gasteiger partial charge in [0.2, 0.25) is 0 Å². The highest BCUT2D eigenvalue weighted by molar-refractivity contribution is 5.30. The fraction of sp³-hybridized carbons (Fsp3) is 0.400. The summed E-state index contributed by atoms with van der Waals surface area (Å²) >= 11 is 0. The van der Waals surface area contributed by atoms with Crippen LogP contribution >= 0.6 is 0 Å². The normalized spacial score (nSPS) is 10.8. The molecule has 0 aliphatic heterocycles. The molecule has 1 N–H and O–H groups in total. The van der Waals surface area contributed by atoms with E-state index in [4.69, 9.17) is 0 Å². The second-order valence-corrected chi connectivity index (χ2v) is 4.73. The molecule has 96 valence electrons. The first kappa shape index (κ1) is 12.8. The smallest absolute Gasteiger partial charge is 0.0489 e. The van der Waals surface area contributed by atoms with Crippen LogP contribution in [0.1, 0.15) is 23.1 Å². The van der Waals surface area contributed by atoms with Crippen molar-refractivity contribution in [2.45, 2.75) is 33.4 Å². The van der Waals surface area contributed by atoms with E-state index in [1.807, 2.05) is 23.1 Å². The number of aromatic nitrogens is 2. The topological polar surface area (TPSA) is 29.9 Å². The van der Waals surface area contributed by atoms with Crippen LogP contribution in [0.3, 0.4) is 0 Å². The lowest BCUT2D eigenvalue weighted by Gasteiger charge is -2.08. The molecule has 0 aliphatic rings. The Hall–Kier alpha value is -1.61. The van der Waals surface area contributed by atoms with Gasteiger partial charge in [-0.15, -0.1) is 0 Å². The van der Waals surface area contributed by atoms with Gasteiger partial charge in [-0.05, 0) is 44.0 Å². The van der Waals surface area contributed by atoms with Crippen LogP contribution in [0.4, 0.5) is 0 Å². The molecule has 0 aliphatic carbocycles. The Morgan fingerprint density at radius 2 is 2.17 bits per heavy atom. The largest absolute Gasteiger partial charge is 0.313 e. The molecule has 1 aromatic carbocycles. The van der Waals surface area contributed by atoms with Gasteiger partial charge in [-0.3, -0.25) is 4.68 Å². The molecule has 0 amide bonds. The monoisotopic (exact) mass is 243 g/mol. The Morgan fingerprint density at radius 3 is 2.89 bits per heavy atom. The van der Waals surface area contributed by atoms with Gasteiger partial charge in [0.1, 0.15) is 0 Å². The number of nitrogens with zero attached hydrogens (tertiary/aromatic N) is 2. The summed E-state index contributed by atoms with van der Waals surface area (Å²) in [6, 6.07) is 8.59. The molecule has 1 heterocycles. The van der Waals surface area contributed by atoms with Crippen LogP contribution in [0, 0.1) is 13.8 Å². The van der Waals surface area contributed by atoms with E-state index in [2.05, 4.69) is 42.5 Å². The minimum atomic E-state index is 0.950. The molecule has 0 spiro atoms. The summed E-state index contributed by atoms with van der Waals surface area (Å²) in [5.41, 5.74) is 4.09. The fourth-order valence-electron chi connectivity index (χ4n) is 2.07. The standard InChI is InChI=1S/C15H21N3/c1-13-5-6-15(14(2)11-13)12-16-7-3-9-18-10-4-8-17-18/h4-6,8,10-11,16H,3,7,9,12H2,1-2H3. The highest BCUT2D eigenvalue weighted by atomic mass is 15.3. The maximum atomic E-state index is 4.18. The molecule has 0 saturated carbocycles.